The lowest BCUT2D eigenvalue weighted by Crippen LogP contribution is -2.48. The smallest absolute Gasteiger partial charge is 0.238 e. The number of likely N-dealkylation sites (tertiary alicyclic amines) is 1. The molecule has 23 heavy (non-hydrogen) atoms. The van der Waals surface area contributed by atoms with E-state index in [9.17, 15) is 4.79 Å². The maximum atomic E-state index is 13.0. The van der Waals surface area contributed by atoms with Gasteiger partial charge in [0.2, 0.25) is 5.91 Å². The van der Waals surface area contributed by atoms with Crippen LogP contribution in [0.25, 0.3) is 0 Å². The first-order chi connectivity index (χ1) is 11.2. The molecule has 1 amide bonds. The summed E-state index contributed by atoms with van der Waals surface area (Å²) in [5.74, 6) is 2.07. The highest BCUT2D eigenvalue weighted by Gasteiger charge is 2.43. The van der Waals surface area contributed by atoms with Gasteiger partial charge in [0.25, 0.3) is 0 Å². The van der Waals surface area contributed by atoms with Gasteiger partial charge in [-0.15, -0.1) is 0 Å². The van der Waals surface area contributed by atoms with Crippen molar-refractivity contribution >= 4 is 5.91 Å². The van der Waals surface area contributed by atoms with Crippen LogP contribution < -0.4 is 5.32 Å². The Kier molecular flexibility index (Phi) is 4.05. The fraction of sp³-hybridized carbons (Fsp3) is 0.722. The lowest BCUT2D eigenvalue weighted by atomic mass is 10.1. The molecule has 2 atom stereocenters. The maximum Gasteiger partial charge on any atom is 0.238 e. The predicted octanol–water partition coefficient (Wildman–Crippen LogP) is 2.23. The summed E-state index contributed by atoms with van der Waals surface area (Å²) in [6.07, 6.45) is 8.98. The average molecular weight is 314 g/mol. The Labute approximate surface area is 137 Å². The molecule has 0 unspecified atom stereocenters. The van der Waals surface area contributed by atoms with Gasteiger partial charge in [0.1, 0.15) is 0 Å². The van der Waals surface area contributed by atoms with Gasteiger partial charge in [-0.05, 0) is 76.4 Å². The van der Waals surface area contributed by atoms with Crippen LogP contribution in [0.3, 0.4) is 0 Å². The van der Waals surface area contributed by atoms with Gasteiger partial charge < -0.3 is 5.32 Å². The standard InChI is InChI=1S/C18H26N4O/c1-12-8-9-19-17(20-12)15(13-4-5-13)21-18(23)16(14-6-7-14)22-10-2-3-11-22/h8-9,13-16H,2-7,10-11H2,1H3,(H,21,23)/t15-,16-/m0/s1. The Balaban J connectivity index is 1.50. The second-order valence-corrected chi connectivity index (χ2v) is 7.41. The van der Waals surface area contributed by atoms with Crippen LogP contribution in [0.2, 0.25) is 0 Å². The van der Waals surface area contributed by atoms with Crippen LogP contribution >= 0.6 is 0 Å². The second kappa shape index (κ2) is 6.19. The van der Waals surface area contributed by atoms with E-state index >= 15 is 0 Å². The first-order valence-electron chi connectivity index (χ1n) is 9.06. The van der Waals surface area contributed by atoms with E-state index in [-0.39, 0.29) is 18.0 Å². The first-order valence-corrected chi connectivity index (χ1v) is 9.06. The highest BCUT2D eigenvalue weighted by molar-refractivity contribution is 5.83. The zero-order valence-corrected chi connectivity index (χ0v) is 13.9. The lowest BCUT2D eigenvalue weighted by molar-refractivity contribution is -0.127. The molecule has 0 spiro atoms. The summed E-state index contributed by atoms with van der Waals surface area (Å²) < 4.78 is 0. The normalized spacial score (nSPS) is 24.4. The molecule has 4 rings (SSSR count). The highest BCUT2D eigenvalue weighted by atomic mass is 16.2. The Hall–Kier alpha value is -1.49. The van der Waals surface area contributed by atoms with E-state index in [0.717, 1.165) is 24.6 Å². The Morgan fingerprint density at radius 1 is 1.22 bits per heavy atom. The molecule has 3 aliphatic rings. The van der Waals surface area contributed by atoms with Gasteiger partial charge in [-0.1, -0.05) is 0 Å². The van der Waals surface area contributed by atoms with E-state index in [1.54, 1.807) is 6.20 Å². The number of carbonyl (C=O) groups is 1. The van der Waals surface area contributed by atoms with Gasteiger partial charge >= 0.3 is 0 Å². The number of hydrogen-bond donors (Lipinski definition) is 1. The largest absolute Gasteiger partial charge is 0.344 e. The molecule has 0 aromatic carbocycles. The van der Waals surface area contributed by atoms with Crippen molar-refractivity contribution in [2.75, 3.05) is 13.1 Å². The zero-order chi connectivity index (χ0) is 15.8. The second-order valence-electron chi connectivity index (χ2n) is 7.41. The van der Waals surface area contributed by atoms with E-state index in [4.69, 9.17) is 0 Å². The van der Waals surface area contributed by atoms with Gasteiger partial charge in [-0.25, -0.2) is 9.97 Å². The Morgan fingerprint density at radius 2 is 1.91 bits per heavy atom. The molecule has 0 radical (unpaired) electrons. The molecule has 2 saturated carbocycles. The molecule has 2 aliphatic carbocycles. The average Bonchev–Trinajstić information content (AvgIpc) is 3.45. The predicted molar refractivity (Wildman–Crippen MR) is 87.7 cm³/mol. The molecule has 1 aliphatic heterocycles. The van der Waals surface area contributed by atoms with E-state index in [2.05, 4.69) is 20.2 Å². The fourth-order valence-corrected chi connectivity index (χ4v) is 3.79. The van der Waals surface area contributed by atoms with E-state index in [1.807, 2.05) is 13.0 Å². The van der Waals surface area contributed by atoms with Crippen molar-refractivity contribution in [1.82, 2.24) is 20.2 Å². The lowest BCUT2D eigenvalue weighted by Gasteiger charge is -2.28. The zero-order valence-electron chi connectivity index (χ0n) is 13.9. The molecule has 124 valence electrons. The number of hydrogen-bond acceptors (Lipinski definition) is 4. The third-order valence-electron chi connectivity index (χ3n) is 5.35. The topological polar surface area (TPSA) is 58.1 Å². The van der Waals surface area contributed by atoms with Gasteiger partial charge in [-0.2, -0.15) is 0 Å². The molecule has 0 bridgehead atoms. The summed E-state index contributed by atoms with van der Waals surface area (Å²) in [7, 11) is 0. The van der Waals surface area contributed by atoms with E-state index in [1.165, 1.54) is 38.5 Å². The van der Waals surface area contributed by atoms with Crippen molar-refractivity contribution < 1.29 is 4.79 Å². The van der Waals surface area contributed by atoms with Crippen molar-refractivity contribution in [3.63, 3.8) is 0 Å². The minimum Gasteiger partial charge on any atom is -0.344 e. The molecular formula is C18H26N4O. The first kappa shape index (κ1) is 15.1. The van der Waals surface area contributed by atoms with Gasteiger partial charge in [0.05, 0.1) is 12.1 Å². The molecule has 3 fully saturated rings. The van der Waals surface area contributed by atoms with Crippen molar-refractivity contribution in [2.45, 2.75) is 57.5 Å². The van der Waals surface area contributed by atoms with Gasteiger partial charge in [-0.3, -0.25) is 9.69 Å². The molecule has 1 N–H and O–H groups in total. The van der Waals surface area contributed by atoms with Crippen LogP contribution in [0.1, 0.15) is 56.1 Å². The fourth-order valence-electron chi connectivity index (χ4n) is 3.79. The number of carbonyl (C=O) groups excluding carboxylic acids is 1. The number of nitrogens with zero attached hydrogens (tertiary/aromatic N) is 3. The summed E-state index contributed by atoms with van der Waals surface area (Å²) in [4.78, 5) is 24.4. The Morgan fingerprint density at radius 3 is 2.52 bits per heavy atom. The monoisotopic (exact) mass is 314 g/mol. The van der Waals surface area contributed by atoms with Crippen molar-refractivity contribution in [3.05, 3.63) is 23.8 Å². The third-order valence-corrected chi connectivity index (χ3v) is 5.35. The summed E-state index contributed by atoms with van der Waals surface area (Å²) in [6, 6.07) is 1.97. The minimum atomic E-state index is -0.00810. The van der Waals surface area contributed by atoms with Crippen molar-refractivity contribution in [2.24, 2.45) is 11.8 Å². The van der Waals surface area contributed by atoms with Crippen LogP contribution in [0, 0.1) is 18.8 Å². The van der Waals surface area contributed by atoms with Gasteiger partial charge in [0.15, 0.2) is 5.82 Å². The van der Waals surface area contributed by atoms with Crippen LogP contribution in [-0.2, 0) is 4.79 Å². The number of nitrogens with one attached hydrogen (secondary N) is 1. The summed E-state index contributed by atoms with van der Waals surface area (Å²) in [6.45, 7) is 4.13. The number of amides is 1. The number of aromatic nitrogens is 2. The summed E-state index contributed by atoms with van der Waals surface area (Å²) in [5.41, 5.74) is 0.966. The van der Waals surface area contributed by atoms with Crippen LogP contribution in [-0.4, -0.2) is 39.9 Å². The maximum absolute atomic E-state index is 13.0. The molecule has 5 heteroatoms. The minimum absolute atomic E-state index is 0.00810. The quantitative estimate of drug-likeness (QED) is 0.875. The van der Waals surface area contributed by atoms with Crippen molar-refractivity contribution in [1.29, 1.82) is 0 Å². The highest BCUT2D eigenvalue weighted by Crippen LogP contribution is 2.41. The molecular weight excluding hydrogens is 288 g/mol. The third kappa shape index (κ3) is 3.39. The van der Waals surface area contributed by atoms with Crippen molar-refractivity contribution in [3.8, 4) is 0 Å². The molecule has 5 nitrogen and oxygen atoms in total. The van der Waals surface area contributed by atoms with Crippen LogP contribution in [0.5, 0.6) is 0 Å². The van der Waals surface area contributed by atoms with Crippen LogP contribution in [0.4, 0.5) is 0 Å². The van der Waals surface area contributed by atoms with Gasteiger partial charge in [0, 0.05) is 11.9 Å². The molecule has 2 heterocycles. The number of rotatable bonds is 6. The Bertz CT molecular complexity index is 576. The SMILES string of the molecule is Cc1ccnc([C@@H](NC(=O)[C@H](C2CC2)N2CCCC2)C2CC2)n1. The number of aryl methyl sites for hydroxylation is 1. The molecule has 1 aromatic rings. The van der Waals surface area contributed by atoms with Crippen LogP contribution in [0.15, 0.2) is 12.3 Å². The molecule has 1 saturated heterocycles. The van der Waals surface area contributed by atoms with E-state index in [0.29, 0.717) is 11.8 Å². The summed E-state index contributed by atoms with van der Waals surface area (Å²) >= 11 is 0. The molecule has 1 aromatic heterocycles. The van der Waals surface area contributed by atoms with E-state index < -0.39 is 0 Å². The summed E-state index contributed by atoms with van der Waals surface area (Å²) in [5, 5.41) is 3.32.